The highest BCUT2D eigenvalue weighted by atomic mass is 32.1. The molecule has 4 rings (SSSR count). The third-order valence-corrected chi connectivity index (χ3v) is 6.93. The van der Waals surface area contributed by atoms with Gasteiger partial charge in [-0.1, -0.05) is 30.3 Å². The van der Waals surface area contributed by atoms with Gasteiger partial charge in [0.1, 0.15) is 11.8 Å². The van der Waals surface area contributed by atoms with Gasteiger partial charge in [-0.2, -0.15) is 5.10 Å². The lowest BCUT2D eigenvalue weighted by Crippen LogP contribution is -2.30. The molecule has 33 heavy (non-hydrogen) atoms. The number of rotatable bonds is 7. The predicted octanol–water partition coefficient (Wildman–Crippen LogP) is 6.05. The average molecular weight is 460 g/mol. The quantitative estimate of drug-likeness (QED) is 0.366. The first-order valence-electron chi connectivity index (χ1n) is 11.2. The van der Waals surface area contributed by atoms with Crippen LogP contribution in [0, 0.1) is 13.8 Å². The van der Waals surface area contributed by atoms with Gasteiger partial charge in [0.2, 0.25) is 0 Å². The molecular formula is C27H29N3O2S. The van der Waals surface area contributed by atoms with Gasteiger partial charge in [0.05, 0.1) is 5.69 Å². The third kappa shape index (κ3) is 4.44. The van der Waals surface area contributed by atoms with Crippen molar-refractivity contribution >= 4 is 17.2 Å². The van der Waals surface area contributed by atoms with E-state index in [-0.39, 0.29) is 17.7 Å². The molecule has 2 aromatic carbocycles. The molecule has 1 amide bonds. The van der Waals surface area contributed by atoms with Gasteiger partial charge in [0, 0.05) is 34.8 Å². The van der Waals surface area contributed by atoms with Crippen LogP contribution in [-0.4, -0.2) is 38.8 Å². The van der Waals surface area contributed by atoms with Crippen LogP contribution in [0.4, 0.5) is 0 Å². The van der Waals surface area contributed by atoms with Crippen LogP contribution in [-0.2, 0) is 0 Å². The molecule has 5 nitrogen and oxygen atoms in total. The van der Waals surface area contributed by atoms with Gasteiger partial charge in [0.15, 0.2) is 0 Å². The maximum absolute atomic E-state index is 12.8. The molecule has 1 N–H and O–H groups in total. The number of aryl methyl sites for hydroxylation is 1. The molecule has 0 aliphatic carbocycles. The second kappa shape index (κ2) is 9.63. The summed E-state index contributed by atoms with van der Waals surface area (Å²) in [5, 5.41) is 17.2. The highest BCUT2D eigenvalue weighted by molar-refractivity contribution is 7.13. The van der Waals surface area contributed by atoms with Gasteiger partial charge in [-0.3, -0.25) is 9.48 Å². The maximum Gasteiger partial charge on any atom is 0.253 e. The summed E-state index contributed by atoms with van der Waals surface area (Å²) in [4.78, 5) is 15.8. The number of aromatic hydroxyl groups is 1. The molecule has 0 saturated carbocycles. The number of hydrogen-bond donors (Lipinski definition) is 1. The Hall–Kier alpha value is -3.38. The number of benzene rings is 2. The lowest BCUT2D eigenvalue weighted by molar-refractivity contribution is 0.0773. The second-order valence-corrected chi connectivity index (χ2v) is 9.01. The Balaban J connectivity index is 1.81. The standard InChI is InChI=1S/C27H29N3O2S/c1-5-29(6-2)27(32)21-14-12-20(13-15-21)26(22-9-7-10-23(31)17-22)30-19(4)25(18(3)28-30)24-11-8-16-33-24/h7-17,26,31H,5-6H2,1-4H3. The lowest BCUT2D eigenvalue weighted by atomic mass is 9.97. The van der Waals surface area contributed by atoms with Gasteiger partial charge in [-0.05, 0) is 74.5 Å². The first kappa shape index (κ1) is 22.8. The minimum atomic E-state index is -0.234. The van der Waals surface area contributed by atoms with E-state index in [0.717, 1.165) is 28.1 Å². The summed E-state index contributed by atoms with van der Waals surface area (Å²) in [7, 11) is 0. The number of phenols is 1. The number of carbonyl (C=O) groups excluding carboxylic acids is 1. The van der Waals surface area contributed by atoms with E-state index in [1.54, 1.807) is 23.5 Å². The Labute approximate surface area is 198 Å². The Morgan fingerprint density at radius 1 is 1.03 bits per heavy atom. The molecule has 1 atom stereocenters. The zero-order valence-corrected chi connectivity index (χ0v) is 20.3. The fourth-order valence-corrected chi connectivity index (χ4v) is 5.24. The summed E-state index contributed by atoms with van der Waals surface area (Å²) in [6, 6.07) is 19.0. The first-order valence-corrected chi connectivity index (χ1v) is 12.1. The van der Waals surface area contributed by atoms with Crippen LogP contribution in [0.5, 0.6) is 5.75 Å². The number of amides is 1. The number of nitrogens with zero attached hydrogens (tertiary/aromatic N) is 3. The number of hydrogen-bond acceptors (Lipinski definition) is 4. The fourth-order valence-electron chi connectivity index (χ4n) is 4.36. The SMILES string of the molecule is CCN(CC)C(=O)c1ccc(C(c2cccc(O)c2)n2nc(C)c(-c3cccs3)c2C)cc1. The molecule has 2 aromatic heterocycles. The molecule has 2 heterocycles. The van der Waals surface area contributed by atoms with Crippen molar-refractivity contribution in [1.29, 1.82) is 0 Å². The minimum absolute atomic E-state index is 0.0338. The van der Waals surface area contributed by atoms with Gasteiger partial charge in [-0.15, -0.1) is 11.3 Å². The fraction of sp³-hybridized carbons (Fsp3) is 0.259. The Morgan fingerprint density at radius 3 is 2.36 bits per heavy atom. The Morgan fingerprint density at radius 2 is 1.76 bits per heavy atom. The van der Waals surface area contributed by atoms with E-state index in [1.807, 2.05) is 66.8 Å². The maximum atomic E-state index is 12.8. The van der Waals surface area contributed by atoms with Gasteiger partial charge < -0.3 is 10.0 Å². The number of carbonyl (C=O) groups is 1. The molecule has 0 fully saturated rings. The zero-order chi connectivity index (χ0) is 23.5. The van der Waals surface area contributed by atoms with Crippen molar-refractivity contribution in [2.24, 2.45) is 0 Å². The smallest absolute Gasteiger partial charge is 0.253 e. The largest absolute Gasteiger partial charge is 0.508 e. The summed E-state index contributed by atoms with van der Waals surface area (Å²) < 4.78 is 2.03. The van der Waals surface area contributed by atoms with Crippen LogP contribution < -0.4 is 0 Å². The van der Waals surface area contributed by atoms with Crippen molar-refractivity contribution in [1.82, 2.24) is 14.7 Å². The normalized spacial score (nSPS) is 12.0. The topological polar surface area (TPSA) is 58.4 Å². The van der Waals surface area contributed by atoms with Crippen LogP contribution in [0.15, 0.2) is 66.0 Å². The van der Waals surface area contributed by atoms with Crippen LogP contribution in [0.3, 0.4) is 0 Å². The minimum Gasteiger partial charge on any atom is -0.508 e. The summed E-state index contributed by atoms with van der Waals surface area (Å²) in [6.45, 7) is 9.46. The highest BCUT2D eigenvalue weighted by Crippen LogP contribution is 2.36. The lowest BCUT2D eigenvalue weighted by Gasteiger charge is -2.22. The zero-order valence-electron chi connectivity index (χ0n) is 19.4. The van der Waals surface area contributed by atoms with Gasteiger partial charge in [0.25, 0.3) is 5.91 Å². The van der Waals surface area contributed by atoms with E-state index in [2.05, 4.69) is 24.4 Å². The summed E-state index contributed by atoms with van der Waals surface area (Å²) in [5.41, 5.74) is 5.77. The Kier molecular flexibility index (Phi) is 6.65. The van der Waals surface area contributed by atoms with Gasteiger partial charge >= 0.3 is 0 Å². The summed E-state index contributed by atoms with van der Waals surface area (Å²) in [5.74, 6) is 0.248. The molecule has 0 aliphatic heterocycles. The number of phenolic OH excluding ortho intramolecular Hbond substituents is 1. The molecule has 0 aliphatic rings. The molecule has 0 bridgehead atoms. The van der Waals surface area contributed by atoms with Crippen LogP contribution in [0.1, 0.15) is 52.8 Å². The van der Waals surface area contributed by atoms with Crippen LogP contribution in [0.25, 0.3) is 10.4 Å². The van der Waals surface area contributed by atoms with Crippen molar-refractivity contribution in [3.05, 3.63) is 94.1 Å². The number of aromatic nitrogens is 2. The molecule has 1 unspecified atom stereocenters. The van der Waals surface area contributed by atoms with Crippen molar-refractivity contribution in [3.8, 4) is 16.2 Å². The summed E-state index contributed by atoms with van der Waals surface area (Å²) >= 11 is 1.70. The third-order valence-electron chi connectivity index (χ3n) is 6.05. The van der Waals surface area contributed by atoms with Crippen molar-refractivity contribution in [2.45, 2.75) is 33.7 Å². The van der Waals surface area contributed by atoms with E-state index in [9.17, 15) is 9.90 Å². The van der Waals surface area contributed by atoms with Crippen LogP contribution >= 0.6 is 11.3 Å². The monoisotopic (exact) mass is 459 g/mol. The highest BCUT2D eigenvalue weighted by Gasteiger charge is 2.24. The van der Waals surface area contributed by atoms with Crippen molar-refractivity contribution in [2.75, 3.05) is 13.1 Å². The molecular weight excluding hydrogens is 430 g/mol. The Bertz CT molecular complexity index is 1240. The number of thiophene rings is 1. The molecule has 170 valence electrons. The average Bonchev–Trinajstić information content (AvgIpc) is 3.43. The van der Waals surface area contributed by atoms with Crippen LogP contribution in [0.2, 0.25) is 0 Å². The van der Waals surface area contributed by atoms with E-state index in [4.69, 9.17) is 5.10 Å². The molecule has 0 saturated heterocycles. The molecule has 0 spiro atoms. The molecule has 0 radical (unpaired) electrons. The van der Waals surface area contributed by atoms with Crippen molar-refractivity contribution in [3.63, 3.8) is 0 Å². The molecule has 6 heteroatoms. The van der Waals surface area contributed by atoms with E-state index in [1.165, 1.54) is 4.88 Å². The van der Waals surface area contributed by atoms with E-state index in [0.29, 0.717) is 18.7 Å². The predicted molar refractivity (Wildman–Crippen MR) is 134 cm³/mol. The second-order valence-electron chi connectivity index (χ2n) is 8.06. The van der Waals surface area contributed by atoms with Crippen molar-refractivity contribution < 1.29 is 9.90 Å². The molecule has 4 aromatic rings. The summed E-state index contributed by atoms with van der Waals surface area (Å²) in [6.07, 6.45) is 0. The van der Waals surface area contributed by atoms with E-state index < -0.39 is 0 Å². The van der Waals surface area contributed by atoms with Gasteiger partial charge in [-0.25, -0.2) is 0 Å². The first-order chi connectivity index (χ1) is 15.9. The van der Waals surface area contributed by atoms with E-state index >= 15 is 0 Å².